The molecule has 1 amide bonds. The highest BCUT2D eigenvalue weighted by Crippen LogP contribution is 2.21. The Balaban J connectivity index is 2.08. The smallest absolute Gasteiger partial charge is 0.339 e. The molecule has 0 aliphatic rings. The molecule has 0 saturated heterocycles. The first-order valence-corrected chi connectivity index (χ1v) is 8.06. The summed E-state index contributed by atoms with van der Waals surface area (Å²) in [6.07, 6.45) is 0.800. The van der Waals surface area contributed by atoms with Crippen molar-refractivity contribution in [2.75, 3.05) is 5.32 Å². The molecule has 1 unspecified atom stereocenters. The number of nitrogens with one attached hydrogen (secondary N) is 1. The number of amides is 1. The number of rotatable bonds is 5. The maximum absolute atomic E-state index is 12.4. The Labute approximate surface area is 149 Å². The average Bonchev–Trinajstić information content (AvgIpc) is 2.55. The highest BCUT2D eigenvalue weighted by Gasteiger charge is 2.22. The van der Waals surface area contributed by atoms with E-state index in [0.29, 0.717) is 17.1 Å². The van der Waals surface area contributed by atoms with E-state index >= 15 is 0 Å². The van der Waals surface area contributed by atoms with Crippen molar-refractivity contribution in [1.82, 2.24) is 4.98 Å². The normalized spacial score (nSPS) is 11.7. The van der Waals surface area contributed by atoms with Crippen LogP contribution in [0.1, 0.15) is 29.3 Å². The molecule has 1 atom stereocenters. The molecule has 2 aromatic rings. The molecule has 2 rings (SSSR count). The molecule has 1 aromatic carbocycles. The number of hydrogen-bond donors (Lipinski definition) is 1. The topological polar surface area (TPSA) is 68.3 Å². The number of carbonyl (C=O) groups excluding carboxylic acids is 2. The lowest BCUT2D eigenvalue weighted by Crippen LogP contribution is -2.32. The molecule has 0 bridgehead atoms. The molecule has 0 aliphatic heterocycles. The van der Waals surface area contributed by atoms with Crippen molar-refractivity contribution >= 4 is 40.8 Å². The Kier molecular flexibility index (Phi) is 6.17. The van der Waals surface area contributed by atoms with Gasteiger partial charge in [0.25, 0.3) is 5.91 Å². The van der Waals surface area contributed by atoms with Gasteiger partial charge in [-0.1, -0.05) is 36.2 Å². The second kappa shape index (κ2) is 8.13. The lowest BCUT2D eigenvalue weighted by Gasteiger charge is -2.17. The SMILES string of the molecule is CCC(OC(=O)c1ccnc(Cl)c1)C(=O)Nc1cc(Cl)ccc1C. The number of esters is 1. The predicted octanol–water partition coefficient (Wildman–Crippen LogP) is 4.27. The molecular formula is C17H16Cl2N2O3. The molecule has 126 valence electrons. The van der Waals surface area contributed by atoms with Crippen LogP contribution in [0.25, 0.3) is 0 Å². The van der Waals surface area contributed by atoms with Crippen molar-refractivity contribution in [3.05, 3.63) is 57.8 Å². The summed E-state index contributed by atoms with van der Waals surface area (Å²) < 4.78 is 5.27. The standard InChI is InChI=1S/C17H16Cl2N2O3/c1-3-14(24-17(23)11-6-7-20-15(19)8-11)16(22)21-13-9-12(18)5-4-10(13)2/h4-9,14H,3H2,1-2H3,(H,21,22). The number of anilines is 1. The molecule has 24 heavy (non-hydrogen) atoms. The first-order chi connectivity index (χ1) is 11.4. The Morgan fingerprint density at radius 3 is 2.67 bits per heavy atom. The van der Waals surface area contributed by atoms with Crippen LogP contribution in [0.15, 0.2) is 36.5 Å². The summed E-state index contributed by atoms with van der Waals surface area (Å²) in [6.45, 7) is 3.60. The van der Waals surface area contributed by atoms with Gasteiger partial charge in [-0.05, 0) is 43.2 Å². The number of aromatic nitrogens is 1. The number of nitrogens with zero attached hydrogens (tertiary/aromatic N) is 1. The number of benzene rings is 1. The summed E-state index contributed by atoms with van der Waals surface area (Å²) in [5.74, 6) is -1.06. The minimum atomic E-state index is -0.928. The second-order valence-corrected chi connectivity index (χ2v) is 5.94. The van der Waals surface area contributed by atoms with Crippen molar-refractivity contribution in [3.63, 3.8) is 0 Å². The number of pyridine rings is 1. The van der Waals surface area contributed by atoms with Crippen LogP contribution in [0.2, 0.25) is 10.2 Å². The number of carbonyl (C=O) groups is 2. The predicted molar refractivity (Wildman–Crippen MR) is 93.6 cm³/mol. The third-order valence-electron chi connectivity index (χ3n) is 3.33. The number of halogens is 2. The summed E-state index contributed by atoms with van der Waals surface area (Å²) in [4.78, 5) is 28.3. The lowest BCUT2D eigenvalue weighted by molar-refractivity contribution is -0.124. The third kappa shape index (κ3) is 4.69. The molecule has 1 aromatic heterocycles. The monoisotopic (exact) mass is 366 g/mol. The highest BCUT2D eigenvalue weighted by atomic mass is 35.5. The van der Waals surface area contributed by atoms with Crippen LogP contribution >= 0.6 is 23.2 Å². The van der Waals surface area contributed by atoms with Crippen LogP contribution in [0.4, 0.5) is 5.69 Å². The van der Waals surface area contributed by atoms with Crippen LogP contribution in [0, 0.1) is 6.92 Å². The first-order valence-electron chi connectivity index (χ1n) is 7.30. The summed E-state index contributed by atoms with van der Waals surface area (Å²) in [5, 5.41) is 3.42. The molecule has 1 heterocycles. The molecule has 0 radical (unpaired) electrons. The van der Waals surface area contributed by atoms with Gasteiger partial charge in [-0.3, -0.25) is 4.79 Å². The molecule has 0 saturated carbocycles. The Bertz CT molecular complexity index is 765. The highest BCUT2D eigenvalue weighted by molar-refractivity contribution is 6.31. The minimum Gasteiger partial charge on any atom is -0.449 e. The number of aryl methyl sites for hydroxylation is 1. The van der Waals surface area contributed by atoms with Gasteiger partial charge in [0.1, 0.15) is 5.15 Å². The largest absolute Gasteiger partial charge is 0.449 e. The zero-order valence-corrected chi connectivity index (χ0v) is 14.7. The van der Waals surface area contributed by atoms with E-state index in [9.17, 15) is 9.59 Å². The van der Waals surface area contributed by atoms with E-state index < -0.39 is 18.0 Å². The molecule has 0 fully saturated rings. The number of hydrogen-bond acceptors (Lipinski definition) is 4. The van der Waals surface area contributed by atoms with Gasteiger partial charge in [0, 0.05) is 16.9 Å². The zero-order chi connectivity index (χ0) is 17.7. The van der Waals surface area contributed by atoms with E-state index in [1.165, 1.54) is 18.3 Å². The van der Waals surface area contributed by atoms with Gasteiger partial charge in [0.05, 0.1) is 5.56 Å². The van der Waals surface area contributed by atoms with Crippen molar-refractivity contribution in [2.24, 2.45) is 0 Å². The maximum Gasteiger partial charge on any atom is 0.339 e. The number of ether oxygens (including phenoxy) is 1. The van der Waals surface area contributed by atoms with E-state index in [4.69, 9.17) is 27.9 Å². The first kappa shape index (κ1) is 18.2. The van der Waals surface area contributed by atoms with E-state index in [0.717, 1.165) is 5.56 Å². The fourth-order valence-corrected chi connectivity index (χ4v) is 2.34. The van der Waals surface area contributed by atoms with E-state index in [1.807, 2.05) is 6.92 Å². The Morgan fingerprint density at radius 1 is 1.25 bits per heavy atom. The molecule has 7 heteroatoms. The van der Waals surface area contributed by atoms with Crippen LogP contribution in [0.5, 0.6) is 0 Å². The maximum atomic E-state index is 12.4. The van der Waals surface area contributed by atoms with Gasteiger partial charge in [-0.25, -0.2) is 9.78 Å². The molecule has 5 nitrogen and oxygen atoms in total. The van der Waals surface area contributed by atoms with Crippen molar-refractivity contribution in [3.8, 4) is 0 Å². The minimum absolute atomic E-state index is 0.177. The van der Waals surface area contributed by atoms with E-state index in [2.05, 4.69) is 10.3 Å². The van der Waals surface area contributed by atoms with Crippen molar-refractivity contribution in [2.45, 2.75) is 26.4 Å². The van der Waals surface area contributed by atoms with Gasteiger partial charge in [0.2, 0.25) is 0 Å². The van der Waals surface area contributed by atoms with Crippen LogP contribution in [-0.4, -0.2) is 23.0 Å². The van der Waals surface area contributed by atoms with E-state index in [-0.39, 0.29) is 10.7 Å². The quantitative estimate of drug-likeness (QED) is 0.633. The third-order valence-corrected chi connectivity index (χ3v) is 3.77. The second-order valence-electron chi connectivity index (χ2n) is 5.12. The Morgan fingerprint density at radius 2 is 2.00 bits per heavy atom. The van der Waals surface area contributed by atoms with Crippen LogP contribution < -0.4 is 5.32 Å². The van der Waals surface area contributed by atoms with Crippen LogP contribution in [0.3, 0.4) is 0 Å². The molecular weight excluding hydrogens is 351 g/mol. The summed E-state index contributed by atoms with van der Waals surface area (Å²) >= 11 is 11.7. The van der Waals surface area contributed by atoms with Crippen molar-refractivity contribution < 1.29 is 14.3 Å². The average molecular weight is 367 g/mol. The summed E-state index contributed by atoms with van der Waals surface area (Å²) in [6, 6.07) is 8.03. The molecule has 0 spiro atoms. The van der Waals surface area contributed by atoms with Gasteiger partial charge in [-0.2, -0.15) is 0 Å². The summed E-state index contributed by atoms with van der Waals surface area (Å²) in [5.41, 5.74) is 1.67. The fourth-order valence-electron chi connectivity index (χ4n) is 1.99. The van der Waals surface area contributed by atoms with Gasteiger partial charge >= 0.3 is 5.97 Å². The fraction of sp³-hybridized carbons (Fsp3) is 0.235. The van der Waals surface area contributed by atoms with Crippen LogP contribution in [-0.2, 0) is 9.53 Å². The zero-order valence-electron chi connectivity index (χ0n) is 13.2. The van der Waals surface area contributed by atoms with Crippen molar-refractivity contribution in [1.29, 1.82) is 0 Å². The Hall–Kier alpha value is -2.11. The summed E-state index contributed by atoms with van der Waals surface area (Å²) in [7, 11) is 0. The van der Waals surface area contributed by atoms with Gasteiger partial charge in [-0.15, -0.1) is 0 Å². The molecule has 0 aliphatic carbocycles. The molecule has 1 N–H and O–H groups in total. The van der Waals surface area contributed by atoms with E-state index in [1.54, 1.807) is 25.1 Å². The van der Waals surface area contributed by atoms with Gasteiger partial charge in [0.15, 0.2) is 6.10 Å². The lowest BCUT2D eigenvalue weighted by atomic mass is 10.2. The van der Waals surface area contributed by atoms with Gasteiger partial charge < -0.3 is 10.1 Å².